The van der Waals surface area contributed by atoms with Crippen molar-refractivity contribution in [3.8, 4) is 0 Å². The predicted octanol–water partition coefficient (Wildman–Crippen LogP) is -1.50. The van der Waals surface area contributed by atoms with Crippen LogP contribution in [0.4, 0.5) is 0 Å². The van der Waals surface area contributed by atoms with Crippen molar-refractivity contribution in [2.75, 3.05) is 7.05 Å². The van der Waals surface area contributed by atoms with Gasteiger partial charge in [-0.15, -0.1) is 0 Å². The lowest BCUT2D eigenvalue weighted by atomic mass is 9.75. The molecule has 7 heteroatoms. The summed E-state index contributed by atoms with van der Waals surface area (Å²) in [5.41, 5.74) is 0. The smallest absolute Gasteiger partial charge is 0.426 e. The maximum absolute atomic E-state index is 11.8. The van der Waals surface area contributed by atoms with Crippen molar-refractivity contribution in [2.24, 2.45) is 5.92 Å². The lowest BCUT2D eigenvalue weighted by Gasteiger charge is -2.24. The normalized spacial score (nSPS) is 16.5. The SMILES string of the molecule is CN[C@H](C(=O)N[C@@H](CC(C)C)B(O)O)[C@@H](C)O. The molecular formula is C10H23BN2O4. The Morgan fingerprint density at radius 2 is 1.82 bits per heavy atom. The van der Waals surface area contributed by atoms with Crippen molar-refractivity contribution in [3.05, 3.63) is 0 Å². The first-order valence-corrected chi connectivity index (χ1v) is 5.81. The highest BCUT2D eigenvalue weighted by Crippen LogP contribution is 2.06. The minimum Gasteiger partial charge on any atom is -0.426 e. The molecule has 0 saturated carbocycles. The fraction of sp³-hybridized carbons (Fsp3) is 0.900. The first-order valence-electron chi connectivity index (χ1n) is 5.81. The van der Waals surface area contributed by atoms with Crippen molar-refractivity contribution >= 4 is 13.0 Å². The third kappa shape index (κ3) is 6.02. The van der Waals surface area contributed by atoms with Gasteiger partial charge < -0.3 is 25.8 Å². The van der Waals surface area contributed by atoms with E-state index in [1.807, 2.05) is 13.8 Å². The van der Waals surface area contributed by atoms with Gasteiger partial charge in [0.05, 0.1) is 12.0 Å². The Labute approximate surface area is 103 Å². The van der Waals surface area contributed by atoms with Crippen molar-refractivity contribution in [2.45, 2.75) is 45.3 Å². The summed E-state index contributed by atoms with van der Waals surface area (Å²) in [4.78, 5) is 11.8. The van der Waals surface area contributed by atoms with E-state index in [1.54, 1.807) is 7.05 Å². The van der Waals surface area contributed by atoms with Gasteiger partial charge in [0.25, 0.3) is 0 Å². The summed E-state index contributed by atoms with van der Waals surface area (Å²) in [5.74, 6) is -0.944. The molecule has 100 valence electrons. The number of rotatable bonds is 7. The van der Waals surface area contributed by atoms with E-state index in [4.69, 9.17) is 10.0 Å². The van der Waals surface area contributed by atoms with Gasteiger partial charge in [-0.25, -0.2) is 0 Å². The topological polar surface area (TPSA) is 102 Å². The van der Waals surface area contributed by atoms with E-state index in [0.717, 1.165) is 0 Å². The molecule has 0 bridgehead atoms. The summed E-state index contributed by atoms with van der Waals surface area (Å²) >= 11 is 0. The van der Waals surface area contributed by atoms with E-state index in [0.29, 0.717) is 6.42 Å². The maximum Gasteiger partial charge on any atom is 0.475 e. The molecule has 0 heterocycles. The van der Waals surface area contributed by atoms with Gasteiger partial charge in [-0.1, -0.05) is 13.8 Å². The zero-order valence-corrected chi connectivity index (χ0v) is 10.8. The molecule has 1 amide bonds. The molecule has 0 aromatic carbocycles. The van der Waals surface area contributed by atoms with Crippen LogP contribution in [0, 0.1) is 5.92 Å². The largest absolute Gasteiger partial charge is 0.475 e. The van der Waals surface area contributed by atoms with Crippen molar-refractivity contribution in [1.82, 2.24) is 10.6 Å². The molecule has 0 unspecified atom stereocenters. The molecule has 0 aromatic rings. The van der Waals surface area contributed by atoms with E-state index < -0.39 is 31.1 Å². The number of amides is 1. The van der Waals surface area contributed by atoms with Crippen LogP contribution in [0.5, 0.6) is 0 Å². The second kappa shape index (κ2) is 7.65. The van der Waals surface area contributed by atoms with Crippen molar-refractivity contribution in [1.29, 1.82) is 0 Å². The van der Waals surface area contributed by atoms with E-state index in [2.05, 4.69) is 10.6 Å². The number of aliphatic hydroxyl groups excluding tert-OH is 1. The average molecular weight is 246 g/mol. The quantitative estimate of drug-likeness (QED) is 0.352. The standard InChI is InChI=1S/C10H23BN2O4/c1-6(2)5-8(11(16)17)13-10(15)9(12-4)7(3)14/h6-9,12,14,16-17H,5H2,1-4H3,(H,13,15)/t7-,8+,9+/m1/s1. The molecule has 0 aliphatic rings. The van der Waals surface area contributed by atoms with Gasteiger partial charge >= 0.3 is 7.12 Å². The summed E-state index contributed by atoms with van der Waals surface area (Å²) in [5, 5.41) is 32.9. The monoisotopic (exact) mass is 246 g/mol. The third-order valence-corrected chi connectivity index (χ3v) is 2.49. The minimum atomic E-state index is -1.60. The predicted molar refractivity (Wildman–Crippen MR) is 66.1 cm³/mol. The number of likely N-dealkylation sites (N-methyl/N-ethyl adjacent to an activating group) is 1. The van der Waals surface area contributed by atoms with Crippen LogP contribution >= 0.6 is 0 Å². The van der Waals surface area contributed by atoms with Crippen LogP contribution in [0.3, 0.4) is 0 Å². The molecule has 0 saturated heterocycles. The molecule has 3 atom stereocenters. The Hall–Kier alpha value is -0.625. The zero-order chi connectivity index (χ0) is 13.6. The summed E-state index contributed by atoms with van der Waals surface area (Å²) in [6.07, 6.45) is -0.393. The highest BCUT2D eigenvalue weighted by atomic mass is 16.4. The van der Waals surface area contributed by atoms with Gasteiger partial charge in [-0.3, -0.25) is 4.79 Å². The molecule has 5 N–H and O–H groups in total. The van der Waals surface area contributed by atoms with Crippen LogP contribution in [0.15, 0.2) is 0 Å². The van der Waals surface area contributed by atoms with Gasteiger partial charge in [0.1, 0.15) is 6.04 Å². The first kappa shape index (κ1) is 16.4. The van der Waals surface area contributed by atoms with Crippen LogP contribution < -0.4 is 10.6 Å². The molecule has 0 aromatic heterocycles. The third-order valence-electron chi connectivity index (χ3n) is 2.49. The number of hydrogen-bond acceptors (Lipinski definition) is 5. The number of hydrogen-bond donors (Lipinski definition) is 5. The maximum atomic E-state index is 11.8. The Balaban J connectivity index is 4.48. The second-order valence-electron chi connectivity index (χ2n) is 4.67. The zero-order valence-electron chi connectivity index (χ0n) is 10.8. The summed E-state index contributed by atoms with van der Waals surface area (Å²) in [7, 11) is -0.0445. The minimum absolute atomic E-state index is 0.224. The average Bonchev–Trinajstić information content (AvgIpc) is 2.15. The molecule has 17 heavy (non-hydrogen) atoms. The molecule has 6 nitrogen and oxygen atoms in total. The molecular weight excluding hydrogens is 223 g/mol. The molecule has 0 spiro atoms. The Kier molecular flexibility index (Phi) is 7.37. The fourth-order valence-electron chi connectivity index (χ4n) is 1.63. The van der Waals surface area contributed by atoms with Gasteiger partial charge in [0.2, 0.25) is 5.91 Å². The van der Waals surface area contributed by atoms with Gasteiger partial charge in [0.15, 0.2) is 0 Å². The van der Waals surface area contributed by atoms with E-state index in [9.17, 15) is 9.90 Å². The molecule has 0 radical (unpaired) electrons. The van der Waals surface area contributed by atoms with E-state index >= 15 is 0 Å². The summed E-state index contributed by atoms with van der Waals surface area (Å²) in [6.45, 7) is 5.34. The summed E-state index contributed by atoms with van der Waals surface area (Å²) < 4.78 is 0. The summed E-state index contributed by atoms with van der Waals surface area (Å²) in [6, 6.07) is -0.761. The van der Waals surface area contributed by atoms with E-state index in [-0.39, 0.29) is 5.92 Å². The Morgan fingerprint density at radius 1 is 1.29 bits per heavy atom. The lowest BCUT2D eigenvalue weighted by molar-refractivity contribution is -0.125. The second-order valence-corrected chi connectivity index (χ2v) is 4.67. The number of nitrogens with one attached hydrogen (secondary N) is 2. The fourth-order valence-corrected chi connectivity index (χ4v) is 1.63. The highest BCUT2D eigenvalue weighted by Gasteiger charge is 2.30. The lowest BCUT2D eigenvalue weighted by Crippen LogP contribution is -2.55. The Morgan fingerprint density at radius 3 is 2.12 bits per heavy atom. The highest BCUT2D eigenvalue weighted by molar-refractivity contribution is 6.43. The van der Waals surface area contributed by atoms with Crippen molar-refractivity contribution in [3.63, 3.8) is 0 Å². The van der Waals surface area contributed by atoms with Crippen LogP contribution in [0.1, 0.15) is 27.2 Å². The van der Waals surface area contributed by atoms with E-state index in [1.165, 1.54) is 6.92 Å². The Bertz CT molecular complexity index is 236. The molecule has 0 aliphatic heterocycles. The molecule has 0 fully saturated rings. The van der Waals surface area contributed by atoms with Gasteiger partial charge in [-0.2, -0.15) is 0 Å². The number of aliphatic hydroxyl groups is 1. The first-order chi connectivity index (χ1) is 7.79. The number of carbonyl (C=O) groups is 1. The van der Waals surface area contributed by atoms with Crippen molar-refractivity contribution < 1.29 is 19.9 Å². The molecule has 0 aliphatic carbocycles. The van der Waals surface area contributed by atoms with Crippen LogP contribution in [0.2, 0.25) is 0 Å². The van der Waals surface area contributed by atoms with Crippen LogP contribution in [0.25, 0.3) is 0 Å². The van der Waals surface area contributed by atoms with Gasteiger partial charge in [-0.05, 0) is 26.3 Å². The van der Waals surface area contributed by atoms with Crippen LogP contribution in [-0.2, 0) is 4.79 Å². The van der Waals surface area contributed by atoms with Crippen LogP contribution in [-0.4, -0.2) is 53.3 Å². The van der Waals surface area contributed by atoms with Gasteiger partial charge in [0, 0.05) is 0 Å². The molecule has 0 rings (SSSR count). The number of carbonyl (C=O) groups excluding carboxylic acids is 1.